The number of carboxylic acid groups (broad SMARTS) is 1. The molecule has 36 heavy (non-hydrogen) atoms. The van der Waals surface area contributed by atoms with Gasteiger partial charge in [0.25, 0.3) is 0 Å². The summed E-state index contributed by atoms with van der Waals surface area (Å²) in [4.78, 5) is 28.6. The van der Waals surface area contributed by atoms with E-state index < -0.39 is 5.97 Å². The lowest BCUT2D eigenvalue weighted by atomic mass is 9.88. The lowest BCUT2D eigenvalue weighted by molar-refractivity contribution is -0.138. The Labute approximate surface area is 214 Å². The van der Waals surface area contributed by atoms with Gasteiger partial charge in [-0.15, -0.1) is 6.58 Å². The Hall–Kier alpha value is -3.12. The monoisotopic (exact) mass is 490 g/mol. The summed E-state index contributed by atoms with van der Waals surface area (Å²) in [5.41, 5.74) is 2.30. The Morgan fingerprint density at radius 3 is 2.33 bits per heavy atom. The molecule has 3 atom stereocenters. The highest BCUT2D eigenvalue weighted by atomic mass is 16.6. The van der Waals surface area contributed by atoms with E-state index >= 15 is 0 Å². The summed E-state index contributed by atoms with van der Waals surface area (Å²) in [5, 5.41) is 9.35. The number of carboxylic acids is 1. The number of nitrogens with zero attached hydrogens (tertiary/aromatic N) is 2. The largest absolute Gasteiger partial charge is 0.481 e. The molecule has 0 bridgehead atoms. The van der Waals surface area contributed by atoms with Crippen LogP contribution in [0.1, 0.15) is 49.1 Å². The number of hydrogen-bond acceptors (Lipinski definition) is 4. The van der Waals surface area contributed by atoms with E-state index in [1.54, 1.807) is 6.08 Å². The van der Waals surface area contributed by atoms with Crippen LogP contribution in [0, 0.1) is 11.8 Å². The Morgan fingerprint density at radius 1 is 1.03 bits per heavy atom. The summed E-state index contributed by atoms with van der Waals surface area (Å²) < 4.78 is 5.61. The Bertz CT molecular complexity index is 989. The SMILES string of the molecule is C=CCN(C(=O)OCc1ccccc1)C1CCN(C[C@H]2CC(CC(=O)O)C[C@@H]2c2ccccc2)CC1. The Morgan fingerprint density at radius 2 is 1.69 bits per heavy atom. The molecule has 1 aliphatic carbocycles. The van der Waals surface area contributed by atoms with Gasteiger partial charge in [-0.1, -0.05) is 66.7 Å². The molecular formula is C30H38N2O4. The minimum absolute atomic E-state index is 0.135. The average Bonchev–Trinajstić information content (AvgIpc) is 3.28. The zero-order valence-electron chi connectivity index (χ0n) is 21.0. The van der Waals surface area contributed by atoms with Crippen molar-refractivity contribution in [3.63, 3.8) is 0 Å². The molecule has 2 aromatic rings. The summed E-state index contributed by atoms with van der Waals surface area (Å²) in [6.45, 7) is 7.41. The van der Waals surface area contributed by atoms with Gasteiger partial charge in [-0.25, -0.2) is 4.79 Å². The van der Waals surface area contributed by atoms with Crippen LogP contribution in [-0.4, -0.2) is 59.2 Å². The second kappa shape index (κ2) is 12.7. The van der Waals surface area contributed by atoms with Gasteiger partial charge in [0.2, 0.25) is 0 Å². The van der Waals surface area contributed by atoms with Gasteiger partial charge in [0.05, 0.1) is 0 Å². The van der Waals surface area contributed by atoms with Crippen molar-refractivity contribution in [2.24, 2.45) is 11.8 Å². The van der Waals surface area contributed by atoms with Crippen molar-refractivity contribution in [1.82, 2.24) is 9.80 Å². The number of likely N-dealkylation sites (tertiary alicyclic amines) is 1. The molecule has 1 saturated carbocycles. The molecule has 2 aromatic carbocycles. The standard InChI is InChI=1S/C30H38N2O4/c1-2-15-32(30(35)36-22-23-9-5-3-6-10-23)27-13-16-31(17-14-27)21-26-18-24(20-29(33)34)19-28(26)25-11-7-4-8-12-25/h2-12,24,26-28H,1,13-22H2,(H,33,34)/t24?,26-,28-/m1/s1. The summed E-state index contributed by atoms with van der Waals surface area (Å²) in [7, 11) is 0. The van der Waals surface area contributed by atoms with Crippen LogP contribution < -0.4 is 0 Å². The molecule has 0 aromatic heterocycles. The predicted molar refractivity (Wildman–Crippen MR) is 141 cm³/mol. The molecule has 1 amide bonds. The molecule has 1 heterocycles. The van der Waals surface area contributed by atoms with E-state index in [4.69, 9.17) is 4.74 Å². The zero-order chi connectivity index (χ0) is 25.3. The molecule has 2 aliphatic rings. The van der Waals surface area contributed by atoms with Crippen molar-refractivity contribution in [3.8, 4) is 0 Å². The number of rotatable bonds is 10. The molecular weight excluding hydrogens is 452 g/mol. The first-order valence-corrected chi connectivity index (χ1v) is 13.1. The maximum atomic E-state index is 12.9. The van der Waals surface area contributed by atoms with Gasteiger partial charge >= 0.3 is 12.1 Å². The molecule has 0 spiro atoms. The van der Waals surface area contributed by atoms with Gasteiger partial charge in [0.1, 0.15) is 6.61 Å². The number of aliphatic carboxylic acids is 1. The normalized spacial score (nSPS) is 22.7. The first kappa shape index (κ1) is 26.0. The first-order chi connectivity index (χ1) is 17.5. The lowest BCUT2D eigenvalue weighted by Gasteiger charge is -2.39. The van der Waals surface area contributed by atoms with E-state index in [1.807, 2.05) is 41.3 Å². The van der Waals surface area contributed by atoms with Gasteiger partial charge in [-0.3, -0.25) is 4.79 Å². The van der Waals surface area contributed by atoms with Gasteiger partial charge < -0.3 is 19.6 Å². The Balaban J connectivity index is 1.32. The zero-order valence-corrected chi connectivity index (χ0v) is 21.0. The van der Waals surface area contributed by atoms with Crippen LogP contribution in [0.25, 0.3) is 0 Å². The van der Waals surface area contributed by atoms with Crippen molar-refractivity contribution in [3.05, 3.63) is 84.4 Å². The average molecular weight is 491 g/mol. The minimum Gasteiger partial charge on any atom is -0.481 e. The van der Waals surface area contributed by atoms with Crippen molar-refractivity contribution in [1.29, 1.82) is 0 Å². The van der Waals surface area contributed by atoms with E-state index in [-0.39, 0.29) is 31.1 Å². The number of piperidine rings is 1. The van der Waals surface area contributed by atoms with Crippen molar-refractivity contribution >= 4 is 12.1 Å². The van der Waals surface area contributed by atoms with Gasteiger partial charge in [-0.2, -0.15) is 0 Å². The molecule has 1 aliphatic heterocycles. The van der Waals surface area contributed by atoms with Crippen LogP contribution in [0.4, 0.5) is 4.79 Å². The molecule has 0 radical (unpaired) electrons. The number of benzene rings is 2. The molecule has 1 N–H and O–H groups in total. The van der Waals surface area contributed by atoms with Gasteiger partial charge in [0, 0.05) is 38.6 Å². The fourth-order valence-electron chi connectivity index (χ4n) is 6.02. The summed E-state index contributed by atoms with van der Waals surface area (Å²) >= 11 is 0. The fourth-order valence-corrected chi connectivity index (χ4v) is 6.02. The topological polar surface area (TPSA) is 70.1 Å². The maximum absolute atomic E-state index is 12.9. The summed E-state index contributed by atoms with van der Waals surface area (Å²) in [6, 6.07) is 20.4. The van der Waals surface area contributed by atoms with Gasteiger partial charge in [0.15, 0.2) is 0 Å². The van der Waals surface area contributed by atoms with Crippen molar-refractivity contribution < 1.29 is 19.4 Å². The number of amides is 1. The van der Waals surface area contributed by atoms with E-state index in [0.717, 1.165) is 50.9 Å². The first-order valence-electron chi connectivity index (χ1n) is 13.1. The van der Waals surface area contributed by atoms with Crippen LogP contribution in [0.3, 0.4) is 0 Å². The van der Waals surface area contributed by atoms with Crippen LogP contribution in [0.2, 0.25) is 0 Å². The van der Waals surface area contributed by atoms with E-state index in [2.05, 4.69) is 35.7 Å². The van der Waals surface area contributed by atoms with Crippen molar-refractivity contribution in [2.75, 3.05) is 26.2 Å². The maximum Gasteiger partial charge on any atom is 0.410 e. The van der Waals surface area contributed by atoms with Gasteiger partial charge in [-0.05, 0) is 54.6 Å². The molecule has 1 saturated heterocycles. The lowest BCUT2D eigenvalue weighted by Crippen LogP contribution is -2.48. The third-order valence-corrected chi connectivity index (χ3v) is 7.74. The van der Waals surface area contributed by atoms with Crippen LogP contribution in [0.5, 0.6) is 0 Å². The predicted octanol–water partition coefficient (Wildman–Crippen LogP) is 5.56. The molecule has 2 fully saturated rings. The van der Waals surface area contributed by atoms with Crippen LogP contribution in [0.15, 0.2) is 73.3 Å². The number of hydrogen-bond donors (Lipinski definition) is 1. The Kier molecular flexibility index (Phi) is 9.17. The molecule has 1 unspecified atom stereocenters. The quantitative estimate of drug-likeness (QED) is 0.442. The van der Waals surface area contributed by atoms with E-state index in [1.165, 1.54) is 5.56 Å². The highest BCUT2D eigenvalue weighted by Gasteiger charge is 2.38. The summed E-state index contributed by atoms with van der Waals surface area (Å²) in [5.74, 6) is 0.388. The molecule has 192 valence electrons. The molecule has 6 nitrogen and oxygen atoms in total. The minimum atomic E-state index is -0.699. The number of carbonyl (C=O) groups excluding carboxylic acids is 1. The second-order valence-electron chi connectivity index (χ2n) is 10.2. The summed E-state index contributed by atoms with van der Waals surface area (Å²) in [6.07, 6.45) is 5.43. The third kappa shape index (κ3) is 6.97. The third-order valence-electron chi connectivity index (χ3n) is 7.74. The highest BCUT2D eigenvalue weighted by molar-refractivity contribution is 5.68. The highest BCUT2D eigenvalue weighted by Crippen LogP contribution is 2.45. The van der Waals surface area contributed by atoms with Crippen LogP contribution >= 0.6 is 0 Å². The van der Waals surface area contributed by atoms with Crippen molar-refractivity contribution in [2.45, 2.75) is 50.7 Å². The smallest absolute Gasteiger partial charge is 0.410 e. The number of ether oxygens (including phenoxy) is 1. The van der Waals surface area contributed by atoms with E-state index in [0.29, 0.717) is 18.4 Å². The number of carbonyl (C=O) groups is 2. The van der Waals surface area contributed by atoms with E-state index in [9.17, 15) is 14.7 Å². The second-order valence-corrected chi connectivity index (χ2v) is 10.2. The fraction of sp³-hybridized carbons (Fsp3) is 0.467. The molecule has 4 rings (SSSR count). The van der Waals surface area contributed by atoms with Crippen LogP contribution in [-0.2, 0) is 16.1 Å². The molecule has 6 heteroatoms.